The van der Waals surface area contributed by atoms with Crippen molar-refractivity contribution < 1.29 is 22.0 Å². The fourth-order valence-electron chi connectivity index (χ4n) is 1.32. The molecule has 0 saturated heterocycles. The molecule has 1 rings (SSSR count). The highest BCUT2D eigenvalue weighted by molar-refractivity contribution is 5.10. The van der Waals surface area contributed by atoms with Gasteiger partial charge in [0.15, 0.2) is 0 Å². The first-order valence-corrected chi connectivity index (χ1v) is 4.79. The van der Waals surface area contributed by atoms with Gasteiger partial charge < -0.3 is 4.98 Å². The molecular weight excluding hydrogens is 263 g/mol. The molecule has 0 bridgehead atoms. The second-order valence-corrected chi connectivity index (χ2v) is 3.86. The van der Waals surface area contributed by atoms with Crippen molar-refractivity contribution in [3.63, 3.8) is 0 Å². The summed E-state index contributed by atoms with van der Waals surface area (Å²) in [6.07, 6.45) is -5.88. The molecule has 0 amide bonds. The molecule has 0 atom stereocenters. The molecule has 0 unspecified atom stereocenters. The van der Waals surface area contributed by atoms with E-state index in [1.165, 1.54) is 18.8 Å². The number of halogens is 5. The molecule has 4 nitrogen and oxygen atoms in total. The van der Waals surface area contributed by atoms with Gasteiger partial charge in [-0.25, -0.2) is 4.79 Å². The van der Waals surface area contributed by atoms with E-state index in [2.05, 4.69) is 0 Å². The first kappa shape index (κ1) is 14.4. The van der Waals surface area contributed by atoms with Gasteiger partial charge in [-0.3, -0.25) is 9.36 Å². The second-order valence-electron chi connectivity index (χ2n) is 3.86. The Balaban J connectivity index is 3.50. The van der Waals surface area contributed by atoms with Crippen molar-refractivity contribution in [1.82, 2.24) is 9.55 Å². The number of nitrogens with zero attached hydrogens (tertiary/aromatic N) is 1. The van der Waals surface area contributed by atoms with Gasteiger partial charge in [-0.05, 0) is 13.8 Å². The van der Waals surface area contributed by atoms with Crippen molar-refractivity contribution >= 4 is 0 Å². The standard InChI is InChI=1S/C9H9F5N2O2/c1-4(2)16-6(17)3-5(15-7(16)18)8(10,11)9(12,13)14/h3-4H,1-2H3,(H,15,18). The van der Waals surface area contributed by atoms with Gasteiger partial charge in [0.05, 0.1) is 0 Å². The Labute approximate surface area is 97.1 Å². The van der Waals surface area contributed by atoms with Gasteiger partial charge in [0.2, 0.25) is 0 Å². The maximum Gasteiger partial charge on any atom is 0.459 e. The predicted octanol–water partition coefficient (Wildman–Crippen LogP) is 1.77. The molecule has 0 fully saturated rings. The topological polar surface area (TPSA) is 54.9 Å². The zero-order valence-electron chi connectivity index (χ0n) is 9.31. The van der Waals surface area contributed by atoms with Crippen LogP contribution in [0, 0.1) is 0 Å². The minimum atomic E-state index is -5.88. The molecule has 0 spiro atoms. The third-order valence-electron chi connectivity index (χ3n) is 2.18. The van der Waals surface area contributed by atoms with Crippen LogP contribution >= 0.6 is 0 Å². The molecule has 1 aromatic rings. The molecule has 1 heterocycles. The summed E-state index contributed by atoms with van der Waals surface area (Å²) < 4.78 is 62.5. The maximum absolute atomic E-state index is 12.9. The van der Waals surface area contributed by atoms with Crippen molar-refractivity contribution in [1.29, 1.82) is 0 Å². The number of aromatic amines is 1. The van der Waals surface area contributed by atoms with Crippen LogP contribution in [0.1, 0.15) is 25.6 Å². The molecule has 18 heavy (non-hydrogen) atoms. The van der Waals surface area contributed by atoms with Crippen molar-refractivity contribution in [2.75, 3.05) is 0 Å². The lowest BCUT2D eigenvalue weighted by Crippen LogP contribution is -2.42. The van der Waals surface area contributed by atoms with Crippen molar-refractivity contribution in [2.24, 2.45) is 0 Å². The SMILES string of the molecule is CC(C)n1c(=O)cc(C(F)(F)C(F)(F)F)[nH]c1=O. The lowest BCUT2D eigenvalue weighted by atomic mass is 10.2. The minimum Gasteiger partial charge on any atom is -0.305 e. The summed E-state index contributed by atoms with van der Waals surface area (Å²) in [6.45, 7) is 2.83. The van der Waals surface area contributed by atoms with Gasteiger partial charge in [0, 0.05) is 12.1 Å². The Bertz CT molecular complexity index is 524. The molecule has 0 radical (unpaired) electrons. The summed E-state index contributed by atoms with van der Waals surface area (Å²) >= 11 is 0. The van der Waals surface area contributed by atoms with Gasteiger partial charge in [-0.2, -0.15) is 22.0 Å². The molecule has 0 aliphatic heterocycles. The predicted molar refractivity (Wildman–Crippen MR) is 51.7 cm³/mol. The fraction of sp³-hybridized carbons (Fsp3) is 0.556. The molecule has 0 saturated carbocycles. The maximum atomic E-state index is 12.9. The van der Waals surface area contributed by atoms with Crippen LogP contribution < -0.4 is 11.2 Å². The van der Waals surface area contributed by atoms with Gasteiger partial charge in [-0.15, -0.1) is 0 Å². The number of nitrogens with one attached hydrogen (secondary N) is 1. The van der Waals surface area contributed by atoms with Crippen LogP contribution in [-0.2, 0) is 5.92 Å². The van der Waals surface area contributed by atoms with Crippen LogP contribution in [0.2, 0.25) is 0 Å². The lowest BCUT2D eigenvalue weighted by molar-refractivity contribution is -0.291. The van der Waals surface area contributed by atoms with E-state index in [1.54, 1.807) is 0 Å². The molecule has 0 aliphatic rings. The van der Waals surface area contributed by atoms with E-state index >= 15 is 0 Å². The number of hydrogen-bond acceptors (Lipinski definition) is 2. The molecule has 0 aliphatic carbocycles. The number of alkyl halides is 5. The van der Waals surface area contributed by atoms with E-state index in [1.807, 2.05) is 0 Å². The lowest BCUT2D eigenvalue weighted by Gasteiger charge is -2.19. The molecule has 102 valence electrons. The Kier molecular flexibility index (Phi) is 3.37. The third-order valence-corrected chi connectivity index (χ3v) is 2.18. The van der Waals surface area contributed by atoms with E-state index in [0.29, 0.717) is 4.57 Å². The van der Waals surface area contributed by atoms with Gasteiger partial charge >= 0.3 is 17.8 Å². The van der Waals surface area contributed by atoms with Gasteiger partial charge in [0.1, 0.15) is 5.69 Å². The Morgan fingerprint density at radius 3 is 2.00 bits per heavy atom. The molecule has 1 N–H and O–H groups in total. The quantitative estimate of drug-likeness (QED) is 0.834. The van der Waals surface area contributed by atoms with Gasteiger partial charge in [0.25, 0.3) is 5.56 Å². The summed E-state index contributed by atoms with van der Waals surface area (Å²) in [5.74, 6) is -5.28. The van der Waals surface area contributed by atoms with Crippen LogP contribution in [0.15, 0.2) is 15.7 Å². The molecule has 0 aromatic carbocycles. The Hall–Kier alpha value is -1.67. The summed E-state index contributed by atoms with van der Waals surface area (Å²) in [6, 6.07) is -0.579. The number of H-pyrrole nitrogens is 1. The van der Waals surface area contributed by atoms with Crippen molar-refractivity contribution in [2.45, 2.75) is 32.0 Å². The van der Waals surface area contributed by atoms with E-state index in [9.17, 15) is 31.5 Å². The van der Waals surface area contributed by atoms with E-state index < -0.39 is 35.1 Å². The largest absolute Gasteiger partial charge is 0.459 e. The van der Waals surface area contributed by atoms with Crippen LogP contribution in [-0.4, -0.2) is 15.7 Å². The zero-order valence-corrected chi connectivity index (χ0v) is 9.31. The second kappa shape index (κ2) is 4.21. The minimum absolute atomic E-state index is 0.0783. The number of rotatable bonds is 2. The van der Waals surface area contributed by atoms with E-state index in [4.69, 9.17) is 0 Å². The average molecular weight is 272 g/mol. The molecule has 1 aromatic heterocycles. The van der Waals surface area contributed by atoms with Crippen molar-refractivity contribution in [3.05, 3.63) is 32.6 Å². The zero-order chi connectivity index (χ0) is 14.3. The van der Waals surface area contributed by atoms with Crippen LogP contribution in [0.25, 0.3) is 0 Å². The fourth-order valence-corrected chi connectivity index (χ4v) is 1.32. The summed E-state index contributed by atoms with van der Waals surface area (Å²) in [5, 5.41) is 0. The molecule has 9 heteroatoms. The molecular formula is C9H9F5N2O2. The Morgan fingerprint density at radius 2 is 1.67 bits per heavy atom. The summed E-state index contributed by atoms with van der Waals surface area (Å²) in [4.78, 5) is 24.0. The van der Waals surface area contributed by atoms with Crippen LogP contribution in [0.3, 0.4) is 0 Å². The summed E-state index contributed by atoms with van der Waals surface area (Å²) in [7, 11) is 0. The van der Waals surface area contributed by atoms with E-state index in [0.717, 1.165) is 0 Å². The van der Waals surface area contributed by atoms with Crippen LogP contribution in [0.5, 0.6) is 0 Å². The average Bonchev–Trinajstić information content (AvgIpc) is 2.13. The van der Waals surface area contributed by atoms with E-state index in [-0.39, 0.29) is 6.07 Å². The highest BCUT2D eigenvalue weighted by Gasteiger charge is 2.59. The number of aromatic nitrogens is 2. The normalized spacial score (nSPS) is 13.1. The summed E-state index contributed by atoms with van der Waals surface area (Å²) in [5.41, 5.74) is -4.29. The van der Waals surface area contributed by atoms with Gasteiger partial charge in [-0.1, -0.05) is 0 Å². The first-order valence-electron chi connectivity index (χ1n) is 4.79. The third kappa shape index (κ3) is 2.29. The first-order chi connectivity index (χ1) is 7.98. The van der Waals surface area contributed by atoms with Crippen molar-refractivity contribution in [3.8, 4) is 0 Å². The highest BCUT2D eigenvalue weighted by Crippen LogP contribution is 2.42. The monoisotopic (exact) mass is 272 g/mol. The highest BCUT2D eigenvalue weighted by atomic mass is 19.4. The smallest absolute Gasteiger partial charge is 0.305 e. The van der Waals surface area contributed by atoms with Crippen LogP contribution in [0.4, 0.5) is 22.0 Å². The number of hydrogen-bond donors (Lipinski definition) is 1. The Morgan fingerprint density at radius 1 is 1.17 bits per heavy atom.